The number of aromatic nitrogens is 3. The van der Waals surface area contributed by atoms with Gasteiger partial charge in [-0.05, 0) is 46.5 Å². The quantitative estimate of drug-likeness (QED) is 0.901. The minimum Gasteiger partial charge on any atom is -0.444 e. The SMILES string of the molecule is CC(C)(C)OC(=O)N1C2CCC1CC(n1cc(CN)nn1)C2. The van der Waals surface area contributed by atoms with Gasteiger partial charge in [0.2, 0.25) is 0 Å². The Morgan fingerprint density at radius 2 is 1.95 bits per heavy atom. The number of fused-ring (bicyclic) bond motifs is 2. The van der Waals surface area contributed by atoms with Crippen molar-refractivity contribution < 1.29 is 9.53 Å². The first-order valence-corrected chi connectivity index (χ1v) is 7.99. The Hall–Kier alpha value is -1.63. The van der Waals surface area contributed by atoms with Gasteiger partial charge in [0.15, 0.2) is 0 Å². The second-order valence-corrected chi connectivity index (χ2v) is 7.29. The summed E-state index contributed by atoms with van der Waals surface area (Å²) in [6.07, 6.45) is 5.64. The van der Waals surface area contributed by atoms with Gasteiger partial charge in [-0.25, -0.2) is 9.48 Å². The average molecular weight is 307 g/mol. The zero-order valence-electron chi connectivity index (χ0n) is 13.5. The Kier molecular flexibility index (Phi) is 3.84. The molecule has 1 amide bonds. The maximum atomic E-state index is 12.4. The molecule has 0 spiro atoms. The lowest BCUT2D eigenvalue weighted by Crippen LogP contribution is -2.48. The molecule has 2 unspecified atom stereocenters. The Labute approximate surface area is 130 Å². The van der Waals surface area contributed by atoms with E-state index in [0.29, 0.717) is 12.6 Å². The van der Waals surface area contributed by atoms with Crippen LogP contribution in [-0.2, 0) is 11.3 Å². The van der Waals surface area contributed by atoms with E-state index >= 15 is 0 Å². The number of carbonyl (C=O) groups is 1. The molecule has 7 nitrogen and oxygen atoms in total. The van der Waals surface area contributed by atoms with Crippen molar-refractivity contribution in [1.82, 2.24) is 19.9 Å². The molecule has 3 heterocycles. The molecule has 2 N–H and O–H groups in total. The molecule has 1 aromatic rings. The molecule has 0 saturated carbocycles. The highest BCUT2D eigenvalue weighted by Gasteiger charge is 2.45. The molecule has 0 aromatic carbocycles. The number of nitrogens with zero attached hydrogens (tertiary/aromatic N) is 4. The van der Waals surface area contributed by atoms with Crippen LogP contribution in [0.5, 0.6) is 0 Å². The largest absolute Gasteiger partial charge is 0.444 e. The molecule has 2 aliphatic heterocycles. The third kappa shape index (κ3) is 2.95. The van der Waals surface area contributed by atoms with Crippen LogP contribution in [0.4, 0.5) is 4.79 Å². The summed E-state index contributed by atoms with van der Waals surface area (Å²) in [5.41, 5.74) is 5.95. The molecule has 3 rings (SSSR count). The van der Waals surface area contributed by atoms with E-state index in [0.717, 1.165) is 31.4 Å². The van der Waals surface area contributed by atoms with Crippen LogP contribution >= 0.6 is 0 Å². The number of ether oxygens (including phenoxy) is 1. The predicted octanol–water partition coefficient (Wildman–Crippen LogP) is 1.84. The number of rotatable bonds is 2. The molecule has 2 atom stereocenters. The van der Waals surface area contributed by atoms with Gasteiger partial charge >= 0.3 is 6.09 Å². The van der Waals surface area contributed by atoms with Crippen molar-refractivity contribution in [1.29, 1.82) is 0 Å². The number of amides is 1. The van der Waals surface area contributed by atoms with E-state index < -0.39 is 5.60 Å². The van der Waals surface area contributed by atoms with Crippen LogP contribution in [0.25, 0.3) is 0 Å². The van der Waals surface area contributed by atoms with Gasteiger partial charge in [-0.15, -0.1) is 5.10 Å². The van der Waals surface area contributed by atoms with Crippen molar-refractivity contribution >= 4 is 6.09 Å². The Morgan fingerprint density at radius 3 is 2.45 bits per heavy atom. The van der Waals surface area contributed by atoms with Crippen molar-refractivity contribution in [3.05, 3.63) is 11.9 Å². The fourth-order valence-corrected chi connectivity index (χ4v) is 3.56. The summed E-state index contributed by atoms with van der Waals surface area (Å²) in [5.74, 6) is 0. The van der Waals surface area contributed by atoms with Crippen molar-refractivity contribution in [3.63, 3.8) is 0 Å². The molecule has 0 aliphatic carbocycles. The number of hydrogen-bond donors (Lipinski definition) is 1. The number of nitrogens with two attached hydrogens (primary N) is 1. The first-order chi connectivity index (χ1) is 10.4. The second-order valence-electron chi connectivity index (χ2n) is 7.29. The zero-order chi connectivity index (χ0) is 15.9. The van der Waals surface area contributed by atoms with Gasteiger partial charge in [-0.2, -0.15) is 0 Å². The van der Waals surface area contributed by atoms with Crippen molar-refractivity contribution in [3.8, 4) is 0 Å². The maximum absolute atomic E-state index is 12.4. The van der Waals surface area contributed by atoms with Crippen LogP contribution in [-0.4, -0.2) is 43.7 Å². The molecule has 7 heteroatoms. The third-order valence-electron chi connectivity index (χ3n) is 4.45. The van der Waals surface area contributed by atoms with Gasteiger partial charge in [0.1, 0.15) is 5.60 Å². The minimum absolute atomic E-state index is 0.181. The highest BCUT2D eigenvalue weighted by Crippen LogP contribution is 2.41. The van der Waals surface area contributed by atoms with Gasteiger partial charge in [-0.3, -0.25) is 0 Å². The predicted molar refractivity (Wildman–Crippen MR) is 81.1 cm³/mol. The topological polar surface area (TPSA) is 86.3 Å². The Balaban J connectivity index is 1.70. The van der Waals surface area contributed by atoms with Crippen molar-refractivity contribution in [2.24, 2.45) is 5.73 Å². The standard InChI is InChI=1S/C15H25N5O2/c1-15(2,3)22-14(21)20-11-4-5-12(20)7-13(6-11)19-9-10(8-16)17-18-19/h9,11-13H,4-8,16H2,1-3H3. The van der Waals surface area contributed by atoms with Gasteiger partial charge in [0.05, 0.1) is 17.9 Å². The first kappa shape index (κ1) is 15.3. The summed E-state index contributed by atoms with van der Waals surface area (Å²) in [7, 11) is 0. The molecule has 2 bridgehead atoms. The van der Waals surface area contributed by atoms with E-state index in [1.54, 1.807) is 0 Å². The van der Waals surface area contributed by atoms with E-state index in [2.05, 4.69) is 10.3 Å². The molecular formula is C15H25N5O2. The van der Waals surface area contributed by atoms with E-state index in [1.165, 1.54) is 0 Å². The molecular weight excluding hydrogens is 282 g/mol. The first-order valence-electron chi connectivity index (χ1n) is 7.99. The van der Waals surface area contributed by atoms with Crippen LogP contribution in [0.1, 0.15) is 58.2 Å². The van der Waals surface area contributed by atoms with E-state index in [4.69, 9.17) is 10.5 Å². The highest BCUT2D eigenvalue weighted by molar-refractivity contribution is 5.69. The zero-order valence-corrected chi connectivity index (χ0v) is 13.5. The minimum atomic E-state index is -0.449. The summed E-state index contributed by atoms with van der Waals surface area (Å²) in [5, 5.41) is 8.25. The lowest BCUT2D eigenvalue weighted by molar-refractivity contribution is 0.00223. The van der Waals surface area contributed by atoms with E-state index in [1.807, 2.05) is 36.5 Å². The summed E-state index contributed by atoms with van der Waals surface area (Å²) < 4.78 is 7.47. The third-order valence-corrected chi connectivity index (χ3v) is 4.45. The molecule has 0 radical (unpaired) electrons. The fraction of sp³-hybridized carbons (Fsp3) is 0.800. The molecule has 1 aromatic heterocycles. The van der Waals surface area contributed by atoms with Crippen molar-refractivity contribution in [2.45, 2.75) is 76.7 Å². The summed E-state index contributed by atoms with van der Waals surface area (Å²) in [6.45, 7) is 6.12. The van der Waals surface area contributed by atoms with Gasteiger partial charge < -0.3 is 15.4 Å². The van der Waals surface area contributed by atoms with Crippen LogP contribution in [0.2, 0.25) is 0 Å². The second kappa shape index (κ2) is 5.53. The summed E-state index contributed by atoms with van der Waals surface area (Å²) in [4.78, 5) is 14.4. The van der Waals surface area contributed by atoms with Crippen LogP contribution in [0.3, 0.4) is 0 Å². The number of carbonyl (C=O) groups excluding carboxylic acids is 1. The normalized spacial score (nSPS) is 28.0. The molecule has 2 saturated heterocycles. The van der Waals surface area contributed by atoms with Crippen molar-refractivity contribution in [2.75, 3.05) is 0 Å². The van der Waals surface area contributed by atoms with E-state index in [9.17, 15) is 4.79 Å². The van der Waals surface area contributed by atoms with Crippen LogP contribution < -0.4 is 5.73 Å². The molecule has 122 valence electrons. The Morgan fingerprint density at radius 1 is 1.32 bits per heavy atom. The van der Waals surface area contributed by atoms with Crippen LogP contribution in [0, 0.1) is 0 Å². The average Bonchev–Trinajstić information content (AvgIpc) is 3.00. The lowest BCUT2D eigenvalue weighted by Gasteiger charge is -2.39. The van der Waals surface area contributed by atoms with Gasteiger partial charge in [-0.1, -0.05) is 5.21 Å². The fourth-order valence-electron chi connectivity index (χ4n) is 3.56. The lowest BCUT2D eigenvalue weighted by atomic mass is 9.98. The highest BCUT2D eigenvalue weighted by atomic mass is 16.6. The number of hydrogen-bond acceptors (Lipinski definition) is 5. The summed E-state index contributed by atoms with van der Waals surface area (Å²) >= 11 is 0. The monoisotopic (exact) mass is 307 g/mol. The van der Waals surface area contributed by atoms with Gasteiger partial charge in [0, 0.05) is 18.6 Å². The van der Waals surface area contributed by atoms with Crippen LogP contribution in [0.15, 0.2) is 6.20 Å². The maximum Gasteiger partial charge on any atom is 0.410 e. The van der Waals surface area contributed by atoms with Gasteiger partial charge in [0.25, 0.3) is 0 Å². The molecule has 22 heavy (non-hydrogen) atoms. The molecule has 2 aliphatic rings. The number of piperidine rings is 1. The smallest absolute Gasteiger partial charge is 0.410 e. The molecule has 2 fully saturated rings. The Bertz CT molecular complexity index is 536. The summed E-state index contributed by atoms with van der Waals surface area (Å²) in [6, 6.07) is 0.775. The van der Waals surface area contributed by atoms with E-state index in [-0.39, 0.29) is 18.2 Å².